The van der Waals surface area contributed by atoms with Gasteiger partial charge in [0.1, 0.15) is 0 Å². The minimum atomic E-state index is -3.75. The molecular formula is C19H19NO6S. The molecular weight excluding hydrogens is 370 g/mol. The van der Waals surface area contributed by atoms with Gasteiger partial charge in [0.25, 0.3) is 10.0 Å². The predicted octanol–water partition coefficient (Wildman–Crippen LogP) is 2.58. The SMILES string of the molecule is Cc1ccc(C)c(S(=O)(=O)Nc2ccc(C(=O)OC3CCOC3=O)cc2)c1. The van der Waals surface area contributed by atoms with Crippen molar-refractivity contribution in [3.8, 4) is 0 Å². The molecule has 0 bridgehead atoms. The van der Waals surface area contributed by atoms with Crippen LogP contribution in [0.5, 0.6) is 0 Å². The lowest BCUT2D eigenvalue weighted by Crippen LogP contribution is -2.22. The lowest BCUT2D eigenvalue weighted by Gasteiger charge is -2.12. The molecule has 27 heavy (non-hydrogen) atoms. The van der Waals surface area contributed by atoms with Crippen LogP contribution in [-0.2, 0) is 24.3 Å². The number of nitrogens with one attached hydrogen (secondary N) is 1. The third kappa shape index (κ3) is 4.28. The monoisotopic (exact) mass is 389 g/mol. The summed E-state index contributed by atoms with van der Waals surface area (Å²) in [6, 6.07) is 11.0. The van der Waals surface area contributed by atoms with Crippen molar-refractivity contribution in [2.75, 3.05) is 11.3 Å². The second-order valence-electron chi connectivity index (χ2n) is 6.30. The zero-order valence-corrected chi connectivity index (χ0v) is 15.7. The van der Waals surface area contributed by atoms with Crippen LogP contribution in [0.1, 0.15) is 27.9 Å². The summed E-state index contributed by atoms with van der Waals surface area (Å²) in [4.78, 5) is 23.6. The molecule has 7 nitrogen and oxygen atoms in total. The van der Waals surface area contributed by atoms with Crippen molar-refractivity contribution in [2.24, 2.45) is 0 Å². The van der Waals surface area contributed by atoms with Gasteiger partial charge in [0.05, 0.1) is 17.1 Å². The number of ether oxygens (including phenoxy) is 2. The van der Waals surface area contributed by atoms with Crippen molar-refractivity contribution in [1.29, 1.82) is 0 Å². The van der Waals surface area contributed by atoms with Crippen LogP contribution in [0.15, 0.2) is 47.4 Å². The zero-order chi connectivity index (χ0) is 19.6. The number of benzene rings is 2. The van der Waals surface area contributed by atoms with Crippen molar-refractivity contribution in [2.45, 2.75) is 31.3 Å². The second kappa shape index (κ2) is 7.40. The lowest BCUT2D eigenvalue weighted by atomic mass is 10.2. The molecule has 1 N–H and O–H groups in total. The zero-order valence-electron chi connectivity index (χ0n) is 14.9. The maximum Gasteiger partial charge on any atom is 0.347 e. The first-order valence-electron chi connectivity index (χ1n) is 8.34. The van der Waals surface area contributed by atoms with Gasteiger partial charge in [-0.2, -0.15) is 0 Å². The average molecular weight is 389 g/mol. The fraction of sp³-hybridized carbons (Fsp3) is 0.263. The minimum absolute atomic E-state index is 0.200. The van der Waals surface area contributed by atoms with Gasteiger partial charge in [-0.05, 0) is 55.3 Å². The van der Waals surface area contributed by atoms with E-state index in [-0.39, 0.29) is 17.1 Å². The van der Waals surface area contributed by atoms with E-state index in [9.17, 15) is 18.0 Å². The Hall–Kier alpha value is -2.87. The summed E-state index contributed by atoms with van der Waals surface area (Å²) < 4.78 is 37.5. The fourth-order valence-electron chi connectivity index (χ4n) is 2.66. The molecule has 0 spiro atoms. The molecule has 142 valence electrons. The summed E-state index contributed by atoms with van der Waals surface area (Å²) in [5.74, 6) is -1.22. The smallest absolute Gasteiger partial charge is 0.347 e. The van der Waals surface area contributed by atoms with E-state index in [1.54, 1.807) is 19.1 Å². The molecule has 1 unspecified atom stereocenters. The molecule has 0 aromatic heterocycles. The number of cyclic esters (lactones) is 1. The molecule has 0 amide bonds. The third-order valence-corrected chi connectivity index (χ3v) is 5.67. The van der Waals surface area contributed by atoms with Crippen molar-refractivity contribution < 1.29 is 27.5 Å². The van der Waals surface area contributed by atoms with Crippen molar-refractivity contribution >= 4 is 27.6 Å². The van der Waals surface area contributed by atoms with Gasteiger partial charge >= 0.3 is 11.9 Å². The lowest BCUT2D eigenvalue weighted by molar-refractivity contribution is -0.145. The quantitative estimate of drug-likeness (QED) is 0.789. The number of hydrogen-bond donors (Lipinski definition) is 1. The van der Waals surface area contributed by atoms with Gasteiger partial charge in [-0.1, -0.05) is 12.1 Å². The maximum atomic E-state index is 12.6. The largest absolute Gasteiger partial charge is 0.463 e. The van der Waals surface area contributed by atoms with Crippen LogP contribution in [0.3, 0.4) is 0 Å². The predicted molar refractivity (Wildman–Crippen MR) is 97.9 cm³/mol. The Morgan fingerprint density at radius 1 is 1.15 bits per heavy atom. The first kappa shape index (κ1) is 18.9. The van der Waals surface area contributed by atoms with Crippen LogP contribution in [0.4, 0.5) is 5.69 Å². The molecule has 3 rings (SSSR count). The molecule has 0 aliphatic carbocycles. The summed E-state index contributed by atoms with van der Waals surface area (Å²) in [7, 11) is -3.75. The molecule has 0 radical (unpaired) electrons. The summed E-state index contributed by atoms with van der Waals surface area (Å²) in [5.41, 5.74) is 2.00. The van der Waals surface area contributed by atoms with E-state index in [4.69, 9.17) is 9.47 Å². The molecule has 8 heteroatoms. The van der Waals surface area contributed by atoms with Gasteiger partial charge < -0.3 is 9.47 Å². The van der Waals surface area contributed by atoms with Crippen LogP contribution in [0, 0.1) is 13.8 Å². The van der Waals surface area contributed by atoms with Gasteiger partial charge in [-0.25, -0.2) is 18.0 Å². The Labute approximate surface area is 157 Å². The highest BCUT2D eigenvalue weighted by atomic mass is 32.2. The highest BCUT2D eigenvalue weighted by Crippen LogP contribution is 2.21. The Morgan fingerprint density at radius 3 is 2.48 bits per heavy atom. The molecule has 1 saturated heterocycles. The Balaban J connectivity index is 1.72. The fourth-order valence-corrected chi connectivity index (χ4v) is 4.05. The van der Waals surface area contributed by atoms with Crippen molar-refractivity contribution in [1.82, 2.24) is 0 Å². The van der Waals surface area contributed by atoms with Crippen LogP contribution in [0.25, 0.3) is 0 Å². The first-order valence-corrected chi connectivity index (χ1v) is 9.82. The summed E-state index contributed by atoms with van der Waals surface area (Å²) in [6.45, 7) is 3.77. The van der Waals surface area contributed by atoms with E-state index < -0.39 is 28.1 Å². The Kier molecular flexibility index (Phi) is 5.18. The van der Waals surface area contributed by atoms with Crippen LogP contribution in [-0.4, -0.2) is 33.1 Å². The van der Waals surface area contributed by atoms with Crippen LogP contribution in [0.2, 0.25) is 0 Å². The topological polar surface area (TPSA) is 98.8 Å². The number of aryl methyl sites for hydroxylation is 2. The second-order valence-corrected chi connectivity index (χ2v) is 7.95. The molecule has 1 aliphatic heterocycles. The van der Waals surface area contributed by atoms with E-state index in [0.717, 1.165) is 5.56 Å². The van der Waals surface area contributed by atoms with E-state index in [1.807, 2.05) is 13.0 Å². The van der Waals surface area contributed by atoms with E-state index >= 15 is 0 Å². The van der Waals surface area contributed by atoms with E-state index in [0.29, 0.717) is 17.7 Å². The highest BCUT2D eigenvalue weighted by Gasteiger charge is 2.30. The van der Waals surface area contributed by atoms with E-state index in [2.05, 4.69) is 4.72 Å². The molecule has 2 aromatic carbocycles. The summed E-state index contributed by atoms with van der Waals surface area (Å²) >= 11 is 0. The molecule has 2 aromatic rings. The van der Waals surface area contributed by atoms with Gasteiger partial charge in [-0.3, -0.25) is 4.72 Å². The van der Waals surface area contributed by atoms with Gasteiger partial charge in [0.15, 0.2) is 0 Å². The van der Waals surface area contributed by atoms with Gasteiger partial charge in [-0.15, -0.1) is 0 Å². The number of sulfonamides is 1. The highest BCUT2D eigenvalue weighted by molar-refractivity contribution is 7.92. The number of rotatable bonds is 5. The molecule has 1 heterocycles. The molecule has 0 saturated carbocycles. The van der Waals surface area contributed by atoms with E-state index in [1.165, 1.54) is 24.3 Å². The number of carbonyl (C=O) groups excluding carboxylic acids is 2. The summed E-state index contributed by atoms with van der Waals surface area (Å²) in [5, 5.41) is 0. The number of hydrogen-bond acceptors (Lipinski definition) is 6. The standard InChI is InChI=1S/C19H19NO6S/c1-12-3-4-13(2)17(11-12)27(23,24)20-15-7-5-14(6-8-15)18(21)26-16-9-10-25-19(16)22/h3-8,11,16,20H,9-10H2,1-2H3. The average Bonchev–Trinajstić information content (AvgIpc) is 3.02. The molecule has 1 fully saturated rings. The van der Waals surface area contributed by atoms with Gasteiger partial charge in [0, 0.05) is 12.1 Å². The minimum Gasteiger partial charge on any atom is -0.463 e. The summed E-state index contributed by atoms with van der Waals surface area (Å²) in [6.07, 6.45) is -0.557. The first-order chi connectivity index (χ1) is 12.8. The molecule has 1 atom stereocenters. The number of anilines is 1. The maximum absolute atomic E-state index is 12.6. The van der Waals surface area contributed by atoms with Crippen molar-refractivity contribution in [3.63, 3.8) is 0 Å². The molecule has 1 aliphatic rings. The third-order valence-electron chi connectivity index (χ3n) is 4.14. The number of carbonyl (C=O) groups is 2. The van der Waals surface area contributed by atoms with Crippen LogP contribution < -0.4 is 4.72 Å². The van der Waals surface area contributed by atoms with Crippen LogP contribution >= 0.6 is 0 Å². The Morgan fingerprint density at radius 2 is 1.85 bits per heavy atom. The number of esters is 2. The Bertz CT molecular complexity index is 982. The van der Waals surface area contributed by atoms with Crippen molar-refractivity contribution in [3.05, 3.63) is 59.2 Å². The normalized spacial score (nSPS) is 16.7. The van der Waals surface area contributed by atoms with Gasteiger partial charge in [0.2, 0.25) is 6.10 Å².